The lowest BCUT2D eigenvalue weighted by atomic mass is 9.87. The summed E-state index contributed by atoms with van der Waals surface area (Å²) >= 11 is 15.2. The van der Waals surface area contributed by atoms with Crippen LogP contribution in [0.2, 0.25) is 0 Å². The van der Waals surface area contributed by atoms with E-state index in [1.54, 1.807) is 0 Å². The van der Waals surface area contributed by atoms with E-state index in [1.165, 1.54) is 36.3 Å². The normalized spacial score (nSPS) is 17.4. The summed E-state index contributed by atoms with van der Waals surface area (Å²) in [4.78, 5) is 5.65. The van der Waals surface area contributed by atoms with E-state index in [9.17, 15) is 0 Å². The minimum atomic E-state index is 0.221. The van der Waals surface area contributed by atoms with Crippen molar-refractivity contribution < 1.29 is 18.9 Å². The molecule has 0 N–H and O–H groups in total. The lowest BCUT2D eigenvalue weighted by Crippen LogP contribution is -2.10. The van der Waals surface area contributed by atoms with Crippen molar-refractivity contribution in [1.82, 2.24) is 0 Å². The highest BCUT2D eigenvalue weighted by Gasteiger charge is 2.33. The summed E-state index contributed by atoms with van der Waals surface area (Å²) in [7, 11) is 0. The van der Waals surface area contributed by atoms with Crippen LogP contribution < -0.4 is 9.47 Å². The van der Waals surface area contributed by atoms with Gasteiger partial charge in [-0.1, -0.05) is 60.7 Å². The molecule has 0 amide bonds. The summed E-state index contributed by atoms with van der Waals surface area (Å²) < 4.78 is 31.0. The van der Waals surface area contributed by atoms with Crippen molar-refractivity contribution in [1.29, 1.82) is 0 Å². The van der Waals surface area contributed by atoms with Crippen LogP contribution in [0.5, 0.6) is 11.5 Å². The van der Waals surface area contributed by atoms with E-state index >= 15 is 0 Å². The van der Waals surface area contributed by atoms with Gasteiger partial charge in [-0.3, -0.25) is 0 Å². The van der Waals surface area contributed by atoms with Crippen molar-refractivity contribution >= 4 is 114 Å². The molecule has 308 valence electrons. The average molecular weight is 941 g/mol. The lowest BCUT2D eigenvalue weighted by Gasteiger charge is -2.24. The molecule has 0 spiro atoms. The zero-order valence-corrected chi connectivity index (χ0v) is 39.8. The Kier molecular flexibility index (Phi) is 14.5. The first kappa shape index (κ1) is 42.4. The number of thioether (sulfide) groups is 4. The Bertz CT molecular complexity index is 2480. The van der Waals surface area contributed by atoms with E-state index in [-0.39, 0.29) is 11.8 Å². The third kappa shape index (κ3) is 9.68. The molecule has 4 bridgehead atoms. The fourth-order valence-corrected chi connectivity index (χ4v) is 15.7. The van der Waals surface area contributed by atoms with Gasteiger partial charge in [0.05, 0.1) is 43.3 Å². The molecule has 0 radical (unpaired) electrons. The summed E-state index contributed by atoms with van der Waals surface area (Å²) in [5.74, 6) is 3.83. The van der Waals surface area contributed by atoms with Crippen LogP contribution in [0.1, 0.15) is 31.3 Å². The topological polar surface area (TPSA) is 36.9 Å². The number of hydrogen-bond donors (Lipinski definition) is 0. The summed E-state index contributed by atoms with van der Waals surface area (Å²) in [5, 5.41) is 4.56. The third-order valence-electron chi connectivity index (χ3n) is 10.3. The predicted octanol–water partition coefficient (Wildman–Crippen LogP) is 15.0. The van der Waals surface area contributed by atoms with Crippen molar-refractivity contribution in [3.05, 3.63) is 141 Å². The molecule has 9 rings (SSSR count). The molecule has 1 aliphatic rings. The first-order valence-electron chi connectivity index (χ1n) is 19.8. The first-order valence-corrected chi connectivity index (χ1v) is 27.5. The van der Waals surface area contributed by atoms with Gasteiger partial charge >= 0.3 is 0 Å². The third-order valence-corrected chi connectivity index (χ3v) is 19.5. The van der Waals surface area contributed by atoms with Crippen LogP contribution in [0.25, 0.3) is 32.7 Å². The molecule has 0 saturated carbocycles. The van der Waals surface area contributed by atoms with E-state index < -0.39 is 0 Å². The van der Waals surface area contributed by atoms with Crippen molar-refractivity contribution in [2.45, 2.75) is 28.7 Å². The monoisotopic (exact) mass is 940 g/mol. The maximum atomic E-state index is 6.60. The number of fused-ring (bicyclic) bond motifs is 11. The van der Waals surface area contributed by atoms with Gasteiger partial charge < -0.3 is 18.9 Å². The molecule has 5 heterocycles. The SMILES string of the molecule is CSc1ccc(C2c3ccc(s3)SCCOCCOc3ccc4ccccc4c3-c3c(ccc4ccccc34)OCCOCCSc3ccc(s3)C2c2ccc(SC)s2)s1. The second-order valence-electron chi connectivity index (χ2n) is 13.9. The standard InChI is InChI=1S/C48H44O4S8/c1-53-41-19-15-37(57-41)47-39-17-21-43(59-39)55-29-27-49-23-25-51-35-13-11-31-7-3-5-9-33(31)45(35)46-34-10-6-4-8-32(34)12-14-36(46)52-26-24-50-28-30-56-44-22-18-40(60-44)48(47)38-16-20-42(54-2)58-38/h3-22,47-48H,23-30H2,1-2H3. The van der Waals surface area contributed by atoms with Crippen LogP contribution >= 0.6 is 92.4 Å². The van der Waals surface area contributed by atoms with Crippen molar-refractivity contribution in [3.8, 4) is 22.6 Å². The lowest BCUT2D eigenvalue weighted by molar-refractivity contribution is 0.111. The van der Waals surface area contributed by atoms with Crippen molar-refractivity contribution in [2.75, 3.05) is 63.7 Å². The van der Waals surface area contributed by atoms with Gasteiger partial charge in [0.1, 0.15) is 24.7 Å². The molecular formula is C48H44O4S8. The van der Waals surface area contributed by atoms with Crippen molar-refractivity contribution in [3.63, 3.8) is 0 Å². The van der Waals surface area contributed by atoms with E-state index in [0.717, 1.165) is 55.7 Å². The molecule has 60 heavy (non-hydrogen) atoms. The largest absolute Gasteiger partial charge is 0.491 e. The second kappa shape index (κ2) is 20.5. The predicted molar refractivity (Wildman–Crippen MR) is 265 cm³/mol. The van der Waals surface area contributed by atoms with Crippen LogP contribution in [0.15, 0.2) is 138 Å². The fourth-order valence-electron chi connectivity index (χ4n) is 7.61. The van der Waals surface area contributed by atoms with E-state index in [1.807, 2.05) is 92.4 Å². The number of thiophene rings is 4. The van der Waals surface area contributed by atoms with Gasteiger partial charge in [-0.05, 0) is 94.7 Å². The maximum absolute atomic E-state index is 6.60. The Hall–Kier alpha value is -2.88. The van der Waals surface area contributed by atoms with Crippen molar-refractivity contribution in [2.24, 2.45) is 0 Å². The Morgan fingerprint density at radius 3 is 1.32 bits per heavy atom. The van der Waals surface area contributed by atoms with E-state index in [4.69, 9.17) is 18.9 Å². The number of ether oxygens (including phenoxy) is 4. The Morgan fingerprint density at radius 2 is 0.867 bits per heavy atom. The zero-order chi connectivity index (χ0) is 40.7. The smallest absolute Gasteiger partial charge is 0.128 e. The Balaban J connectivity index is 1.01. The fraction of sp³-hybridized carbons (Fsp3) is 0.250. The van der Waals surface area contributed by atoms with E-state index in [2.05, 4.69) is 134 Å². The molecule has 2 unspecified atom stereocenters. The first-order chi connectivity index (χ1) is 29.7. The van der Waals surface area contributed by atoms with Gasteiger partial charge in [-0.15, -0.1) is 92.4 Å². The van der Waals surface area contributed by atoms with Gasteiger partial charge in [0.15, 0.2) is 0 Å². The molecule has 0 saturated heterocycles. The quantitative estimate of drug-likeness (QED) is 0.162. The van der Waals surface area contributed by atoms with Crippen LogP contribution in [0.4, 0.5) is 0 Å². The van der Waals surface area contributed by atoms with Gasteiger partial charge in [0.25, 0.3) is 0 Å². The van der Waals surface area contributed by atoms with Gasteiger partial charge in [0, 0.05) is 54.0 Å². The summed E-state index contributed by atoms with van der Waals surface area (Å²) in [6, 6.07) is 44.2. The number of hydrogen-bond acceptors (Lipinski definition) is 12. The highest BCUT2D eigenvalue weighted by Crippen LogP contribution is 2.52. The van der Waals surface area contributed by atoms with E-state index in [0.29, 0.717) is 39.6 Å². The molecule has 4 nitrogen and oxygen atoms in total. The second-order valence-corrected chi connectivity index (χ2v) is 23.4. The highest BCUT2D eigenvalue weighted by atomic mass is 32.2. The van der Waals surface area contributed by atoms with Gasteiger partial charge in [0.2, 0.25) is 0 Å². The van der Waals surface area contributed by atoms with Gasteiger partial charge in [-0.25, -0.2) is 0 Å². The molecule has 4 aromatic carbocycles. The van der Waals surface area contributed by atoms with Crippen LogP contribution in [0.3, 0.4) is 0 Å². The average Bonchev–Trinajstić information content (AvgIpc) is 4.13. The number of rotatable bonds is 4. The van der Waals surface area contributed by atoms with Crippen LogP contribution in [0, 0.1) is 0 Å². The number of benzene rings is 4. The summed E-state index contributed by atoms with van der Waals surface area (Å²) in [6.07, 6.45) is 4.35. The molecule has 12 heteroatoms. The molecule has 1 aliphatic heterocycles. The summed E-state index contributed by atoms with van der Waals surface area (Å²) in [5.41, 5.74) is 2.07. The highest BCUT2D eigenvalue weighted by molar-refractivity contribution is 8.01. The molecule has 4 aromatic heterocycles. The maximum Gasteiger partial charge on any atom is 0.128 e. The zero-order valence-electron chi connectivity index (χ0n) is 33.3. The minimum absolute atomic E-state index is 0.221. The van der Waals surface area contributed by atoms with Crippen LogP contribution in [-0.4, -0.2) is 63.7 Å². The Labute approximate surface area is 385 Å². The van der Waals surface area contributed by atoms with Crippen LogP contribution in [-0.2, 0) is 9.47 Å². The minimum Gasteiger partial charge on any atom is -0.491 e. The summed E-state index contributed by atoms with van der Waals surface area (Å²) in [6.45, 7) is 3.17. The molecule has 8 aromatic rings. The van der Waals surface area contributed by atoms with Gasteiger partial charge in [-0.2, -0.15) is 0 Å². The molecular weight excluding hydrogens is 897 g/mol. The molecule has 0 aliphatic carbocycles. The Morgan fingerprint density at radius 1 is 0.433 bits per heavy atom. The molecule has 2 atom stereocenters. The molecule has 0 fully saturated rings.